The lowest BCUT2D eigenvalue weighted by Crippen LogP contribution is -2.59. The monoisotopic (exact) mass is 498 g/mol. The molecule has 1 aromatic carbocycles. The van der Waals surface area contributed by atoms with Crippen LogP contribution in [0.2, 0.25) is 0 Å². The fourth-order valence-electron chi connectivity index (χ4n) is 5.42. The highest BCUT2D eigenvalue weighted by atomic mass is 16.5. The molecular weight excluding hydrogens is 460 g/mol. The number of fused-ring (bicyclic) bond motifs is 1. The number of aromatic nitrogens is 2. The Morgan fingerprint density at radius 3 is 2.53 bits per heavy atom. The van der Waals surface area contributed by atoms with Crippen LogP contribution in [-0.2, 0) is 20.8 Å². The second kappa shape index (κ2) is 12.5. The Balaban J connectivity index is 1.41. The van der Waals surface area contributed by atoms with Crippen molar-refractivity contribution in [2.45, 2.75) is 70.4 Å². The molecule has 9 nitrogen and oxygen atoms in total. The number of amides is 1. The number of hydrogen-bond acceptors (Lipinski definition) is 7. The summed E-state index contributed by atoms with van der Waals surface area (Å²) in [4.78, 5) is 41.0. The summed E-state index contributed by atoms with van der Waals surface area (Å²) in [5.74, 6) is -1.03. The summed E-state index contributed by atoms with van der Waals surface area (Å²) in [7, 11) is 0. The van der Waals surface area contributed by atoms with Gasteiger partial charge in [-0.3, -0.25) is 14.5 Å². The summed E-state index contributed by atoms with van der Waals surface area (Å²) < 4.78 is 12.2. The normalized spacial score (nSPS) is 18.1. The standard InChI is InChI=1S/C27H38N4O5/c1-2-3-9-14-31-25(33)22-11-6-5-10-21(22)24(29-31)26(34)36-19-23(32)28-20-27(12-7-4-8-13-27)30-15-17-35-18-16-30/h5-6,10-11H,2-4,7-9,12-20H2,1H3,(H,28,32). The number of morpholine rings is 1. The molecule has 9 heteroatoms. The van der Waals surface area contributed by atoms with Crippen molar-refractivity contribution in [2.24, 2.45) is 0 Å². The molecule has 0 radical (unpaired) electrons. The molecule has 1 aliphatic heterocycles. The molecule has 196 valence electrons. The van der Waals surface area contributed by atoms with Gasteiger partial charge in [-0.25, -0.2) is 9.48 Å². The molecule has 2 heterocycles. The van der Waals surface area contributed by atoms with Crippen molar-refractivity contribution in [1.82, 2.24) is 20.0 Å². The van der Waals surface area contributed by atoms with Gasteiger partial charge in [0.2, 0.25) is 0 Å². The summed E-state index contributed by atoms with van der Waals surface area (Å²) in [6.07, 6.45) is 8.38. The molecule has 0 unspecified atom stereocenters. The number of ether oxygens (including phenoxy) is 2. The van der Waals surface area contributed by atoms with Gasteiger partial charge in [0.15, 0.2) is 12.3 Å². The van der Waals surface area contributed by atoms with Crippen molar-refractivity contribution < 1.29 is 19.1 Å². The second-order valence-corrected chi connectivity index (χ2v) is 9.87. The maximum atomic E-state index is 13.0. The van der Waals surface area contributed by atoms with E-state index in [4.69, 9.17) is 9.47 Å². The number of esters is 1. The molecule has 36 heavy (non-hydrogen) atoms. The molecule has 1 saturated heterocycles. The van der Waals surface area contributed by atoms with E-state index in [0.717, 1.165) is 71.2 Å². The van der Waals surface area contributed by atoms with Crippen LogP contribution in [0.5, 0.6) is 0 Å². The number of nitrogens with zero attached hydrogens (tertiary/aromatic N) is 3. The van der Waals surface area contributed by atoms with Crippen molar-refractivity contribution in [3.8, 4) is 0 Å². The molecule has 1 aliphatic carbocycles. The lowest BCUT2D eigenvalue weighted by Gasteiger charge is -2.48. The minimum atomic E-state index is -0.703. The average molecular weight is 499 g/mol. The molecule has 1 aromatic heterocycles. The van der Waals surface area contributed by atoms with E-state index in [1.807, 2.05) is 0 Å². The Hall–Kier alpha value is -2.78. The number of aryl methyl sites for hydroxylation is 1. The number of nitrogens with one attached hydrogen (secondary N) is 1. The zero-order valence-corrected chi connectivity index (χ0v) is 21.3. The summed E-state index contributed by atoms with van der Waals surface area (Å²) in [5, 5.41) is 8.20. The summed E-state index contributed by atoms with van der Waals surface area (Å²) in [6, 6.07) is 6.89. The highest BCUT2D eigenvalue weighted by Gasteiger charge is 2.38. The van der Waals surface area contributed by atoms with Crippen molar-refractivity contribution in [3.05, 3.63) is 40.3 Å². The zero-order valence-electron chi connectivity index (χ0n) is 21.3. The molecule has 1 saturated carbocycles. The maximum Gasteiger partial charge on any atom is 0.359 e. The van der Waals surface area contributed by atoms with E-state index in [2.05, 4.69) is 22.2 Å². The van der Waals surface area contributed by atoms with E-state index >= 15 is 0 Å². The molecule has 2 fully saturated rings. The SMILES string of the molecule is CCCCCn1nc(C(=O)OCC(=O)NCC2(N3CCOCC3)CCCCC2)c2ccccc2c1=O. The van der Waals surface area contributed by atoms with Crippen LogP contribution < -0.4 is 10.9 Å². The van der Waals surface area contributed by atoms with Crippen LogP contribution in [0, 0.1) is 0 Å². The summed E-state index contributed by atoms with van der Waals surface area (Å²) >= 11 is 0. The first-order chi connectivity index (χ1) is 17.5. The van der Waals surface area contributed by atoms with Crippen molar-refractivity contribution in [1.29, 1.82) is 0 Å². The molecular formula is C27H38N4O5. The van der Waals surface area contributed by atoms with Crippen molar-refractivity contribution >= 4 is 22.6 Å². The van der Waals surface area contributed by atoms with Crippen LogP contribution in [0.25, 0.3) is 10.8 Å². The molecule has 0 atom stereocenters. The predicted molar refractivity (Wildman–Crippen MR) is 137 cm³/mol. The number of hydrogen-bond donors (Lipinski definition) is 1. The first-order valence-corrected chi connectivity index (χ1v) is 13.3. The fraction of sp³-hybridized carbons (Fsp3) is 0.630. The predicted octanol–water partition coefficient (Wildman–Crippen LogP) is 2.89. The van der Waals surface area contributed by atoms with E-state index in [9.17, 15) is 14.4 Å². The minimum absolute atomic E-state index is 0.0616. The lowest BCUT2D eigenvalue weighted by atomic mass is 9.79. The Morgan fingerprint density at radius 1 is 1.08 bits per heavy atom. The third-order valence-corrected chi connectivity index (χ3v) is 7.45. The molecule has 1 amide bonds. The van der Waals surface area contributed by atoms with Gasteiger partial charge in [0, 0.05) is 37.1 Å². The molecule has 2 aromatic rings. The second-order valence-electron chi connectivity index (χ2n) is 9.87. The third-order valence-electron chi connectivity index (χ3n) is 7.45. The van der Waals surface area contributed by atoms with E-state index < -0.39 is 5.97 Å². The van der Waals surface area contributed by atoms with Gasteiger partial charge in [-0.2, -0.15) is 5.10 Å². The third kappa shape index (κ3) is 6.13. The number of carbonyl (C=O) groups is 2. The molecule has 4 rings (SSSR count). The van der Waals surface area contributed by atoms with Gasteiger partial charge in [0.1, 0.15) is 0 Å². The van der Waals surface area contributed by atoms with E-state index in [-0.39, 0.29) is 29.3 Å². The smallest absolute Gasteiger partial charge is 0.359 e. The van der Waals surface area contributed by atoms with Crippen LogP contribution in [0.1, 0.15) is 68.8 Å². The number of rotatable bonds is 10. The quantitative estimate of drug-likeness (QED) is 0.397. The Bertz CT molecular complexity index is 1100. The molecule has 0 spiro atoms. The van der Waals surface area contributed by atoms with Gasteiger partial charge in [-0.15, -0.1) is 0 Å². The molecule has 1 N–H and O–H groups in total. The molecule has 0 bridgehead atoms. The Morgan fingerprint density at radius 2 is 1.81 bits per heavy atom. The first-order valence-electron chi connectivity index (χ1n) is 13.3. The van der Waals surface area contributed by atoms with Gasteiger partial charge in [-0.1, -0.05) is 57.2 Å². The highest BCUT2D eigenvalue weighted by molar-refractivity contribution is 6.02. The maximum absolute atomic E-state index is 13.0. The highest BCUT2D eigenvalue weighted by Crippen LogP contribution is 2.33. The van der Waals surface area contributed by atoms with Crippen molar-refractivity contribution in [2.75, 3.05) is 39.5 Å². The van der Waals surface area contributed by atoms with Gasteiger partial charge in [0.25, 0.3) is 11.5 Å². The van der Waals surface area contributed by atoms with Gasteiger partial charge < -0.3 is 14.8 Å². The van der Waals surface area contributed by atoms with Crippen molar-refractivity contribution in [3.63, 3.8) is 0 Å². The van der Waals surface area contributed by atoms with E-state index in [1.54, 1.807) is 24.3 Å². The van der Waals surface area contributed by atoms with E-state index in [1.165, 1.54) is 11.1 Å². The average Bonchev–Trinajstić information content (AvgIpc) is 2.93. The van der Waals surface area contributed by atoms with Gasteiger partial charge in [0.05, 0.1) is 18.6 Å². The van der Waals surface area contributed by atoms with Crippen LogP contribution in [0.3, 0.4) is 0 Å². The topological polar surface area (TPSA) is 103 Å². The minimum Gasteiger partial charge on any atom is -0.451 e. The van der Waals surface area contributed by atoms with Gasteiger partial charge >= 0.3 is 5.97 Å². The lowest BCUT2D eigenvalue weighted by molar-refractivity contribution is -0.125. The fourth-order valence-corrected chi connectivity index (χ4v) is 5.42. The zero-order chi connectivity index (χ0) is 25.4. The van der Waals surface area contributed by atoms with Crippen LogP contribution in [-0.4, -0.2) is 71.6 Å². The summed E-state index contributed by atoms with van der Waals surface area (Å²) in [5.41, 5.74) is -0.226. The number of carbonyl (C=O) groups excluding carboxylic acids is 2. The Kier molecular flexibility index (Phi) is 9.09. The summed E-state index contributed by atoms with van der Waals surface area (Å²) in [6.45, 7) is 5.85. The largest absolute Gasteiger partial charge is 0.451 e. The number of unbranched alkanes of at least 4 members (excludes halogenated alkanes) is 2. The first kappa shape index (κ1) is 26.3. The van der Waals surface area contributed by atoms with Gasteiger partial charge in [-0.05, 0) is 25.3 Å². The van der Waals surface area contributed by atoms with Crippen LogP contribution in [0.15, 0.2) is 29.1 Å². The Labute approximate surface area is 212 Å². The number of benzene rings is 1. The van der Waals surface area contributed by atoms with Crippen LogP contribution in [0.4, 0.5) is 0 Å². The van der Waals surface area contributed by atoms with Crippen LogP contribution >= 0.6 is 0 Å². The molecule has 2 aliphatic rings. The van der Waals surface area contributed by atoms with E-state index in [0.29, 0.717) is 23.9 Å².